The van der Waals surface area contributed by atoms with E-state index in [1.807, 2.05) is 18.2 Å². The van der Waals surface area contributed by atoms with Crippen molar-refractivity contribution in [3.8, 4) is 0 Å². The first-order valence-electron chi connectivity index (χ1n) is 7.45. The first-order chi connectivity index (χ1) is 9.74. The monoisotopic (exact) mass is 310 g/mol. The number of nitrogens with zero attached hydrogens (tertiary/aromatic N) is 2. The Balaban J connectivity index is 2.10. The maximum atomic E-state index is 6.44. The second kappa shape index (κ2) is 5.95. The van der Waals surface area contributed by atoms with Crippen LogP contribution in [-0.4, -0.2) is 15.4 Å². The Labute approximate surface area is 130 Å². The lowest BCUT2D eigenvalue weighted by molar-refractivity contribution is 0.427. The van der Waals surface area contributed by atoms with Crippen molar-refractivity contribution in [2.24, 2.45) is 5.92 Å². The van der Waals surface area contributed by atoms with E-state index in [1.165, 1.54) is 19.3 Å². The van der Waals surface area contributed by atoms with Crippen LogP contribution in [0.25, 0.3) is 11.0 Å². The van der Waals surface area contributed by atoms with Crippen LogP contribution in [0.5, 0.6) is 0 Å². The molecule has 0 spiro atoms. The summed E-state index contributed by atoms with van der Waals surface area (Å²) in [6.45, 7) is 2.25. The normalized spacial score (nSPS) is 16.8. The van der Waals surface area contributed by atoms with Gasteiger partial charge in [-0.1, -0.05) is 37.4 Å². The largest absolute Gasteiger partial charge is 0.324 e. The van der Waals surface area contributed by atoms with E-state index in [4.69, 9.17) is 28.2 Å². The minimum Gasteiger partial charge on any atom is -0.324 e. The molecule has 0 N–H and O–H groups in total. The molecule has 0 amide bonds. The SMILES string of the molecule is CCC(CC1CC1)n1c(CCCl)nc2cccc(Cl)c21. The molecule has 108 valence electrons. The van der Waals surface area contributed by atoms with Gasteiger partial charge in [-0.3, -0.25) is 0 Å². The highest BCUT2D eigenvalue weighted by atomic mass is 35.5. The molecule has 2 aromatic rings. The van der Waals surface area contributed by atoms with Gasteiger partial charge in [0.2, 0.25) is 0 Å². The van der Waals surface area contributed by atoms with Crippen molar-refractivity contribution >= 4 is 34.2 Å². The molecule has 1 unspecified atom stereocenters. The topological polar surface area (TPSA) is 17.8 Å². The molecule has 1 atom stereocenters. The number of aryl methyl sites for hydroxylation is 1. The van der Waals surface area contributed by atoms with Crippen molar-refractivity contribution in [1.29, 1.82) is 0 Å². The highest BCUT2D eigenvalue weighted by Crippen LogP contribution is 2.40. The molecule has 0 aliphatic heterocycles. The maximum Gasteiger partial charge on any atom is 0.111 e. The first-order valence-corrected chi connectivity index (χ1v) is 8.37. The summed E-state index contributed by atoms with van der Waals surface area (Å²) in [6.07, 6.45) is 5.90. The van der Waals surface area contributed by atoms with E-state index in [1.54, 1.807) is 0 Å². The molecule has 1 aromatic carbocycles. The lowest BCUT2D eigenvalue weighted by Gasteiger charge is -2.20. The average molecular weight is 311 g/mol. The summed E-state index contributed by atoms with van der Waals surface area (Å²) in [7, 11) is 0. The van der Waals surface area contributed by atoms with Gasteiger partial charge < -0.3 is 4.57 Å². The van der Waals surface area contributed by atoms with Gasteiger partial charge in [0.25, 0.3) is 0 Å². The third kappa shape index (κ3) is 2.68. The van der Waals surface area contributed by atoms with E-state index in [0.29, 0.717) is 11.9 Å². The third-order valence-electron chi connectivity index (χ3n) is 4.19. The molecule has 2 nitrogen and oxygen atoms in total. The van der Waals surface area contributed by atoms with Gasteiger partial charge in [0.05, 0.1) is 16.1 Å². The van der Waals surface area contributed by atoms with Crippen LogP contribution < -0.4 is 0 Å². The number of alkyl halides is 1. The number of fused-ring (bicyclic) bond motifs is 1. The number of imidazole rings is 1. The van der Waals surface area contributed by atoms with Crippen LogP contribution in [-0.2, 0) is 6.42 Å². The molecule has 20 heavy (non-hydrogen) atoms. The van der Waals surface area contributed by atoms with Crippen molar-refractivity contribution in [3.05, 3.63) is 29.0 Å². The maximum absolute atomic E-state index is 6.44. The van der Waals surface area contributed by atoms with Crippen molar-refractivity contribution in [3.63, 3.8) is 0 Å². The van der Waals surface area contributed by atoms with Gasteiger partial charge in [0.15, 0.2) is 0 Å². The standard InChI is InChI=1S/C16H20Cl2N2/c1-2-12(10-11-6-7-11)20-15(8-9-17)19-14-5-3-4-13(18)16(14)20/h3-5,11-12H,2,6-10H2,1H3. The molecule has 3 rings (SSSR count). The van der Waals surface area contributed by atoms with Gasteiger partial charge in [-0.05, 0) is 30.9 Å². The van der Waals surface area contributed by atoms with Gasteiger partial charge in [0.1, 0.15) is 5.82 Å². The van der Waals surface area contributed by atoms with E-state index in [0.717, 1.165) is 40.6 Å². The Morgan fingerprint density at radius 3 is 2.85 bits per heavy atom. The van der Waals surface area contributed by atoms with Gasteiger partial charge in [-0.25, -0.2) is 4.98 Å². The van der Waals surface area contributed by atoms with Crippen LogP contribution in [0.2, 0.25) is 5.02 Å². The van der Waals surface area contributed by atoms with Crippen LogP contribution in [0.4, 0.5) is 0 Å². The molecule has 0 saturated heterocycles. The quantitative estimate of drug-likeness (QED) is 0.669. The Bertz CT molecular complexity index is 602. The number of para-hydroxylation sites is 1. The van der Waals surface area contributed by atoms with E-state index in [9.17, 15) is 0 Å². The van der Waals surface area contributed by atoms with Crippen LogP contribution in [0.1, 0.15) is 44.5 Å². The van der Waals surface area contributed by atoms with E-state index < -0.39 is 0 Å². The van der Waals surface area contributed by atoms with Gasteiger partial charge in [-0.2, -0.15) is 0 Å². The van der Waals surface area contributed by atoms with Crippen molar-refractivity contribution < 1.29 is 0 Å². The Kier molecular flexibility index (Phi) is 4.23. The molecule has 1 fully saturated rings. The minimum absolute atomic E-state index is 0.491. The predicted octanol–water partition coefficient (Wildman–Crippen LogP) is 5.22. The van der Waals surface area contributed by atoms with Gasteiger partial charge in [0, 0.05) is 18.3 Å². The van der Waals surface area contributed by atoms with Crippen molar-refractivity contribution in [2.45, 2.75) is 45.1 Å². The summed E-state index contributed by atoms with van der Waals surface area (Å²) in [5.74, 6) is 2.57. The van der Waals surface area contributed by atoms with Crippen LogP contribution in [0.3, 0.4) is 0 Å². The molecule has 1 heterocycles. The van der Waals surface area contributed by atoms with Crippen LogP contribution in [0.15, 0.2) is 18.2 Å². The zero-order valence-corrected chi connectivity index (χ0v) is 13.3. The minimum atomic E-state index is 0.491. The highest BCUT2D eigenvalue weighted by Gasteiger charge is 2.28. The summed E-state index contributed by atoms with van der Waals surface area (Å²) in [5.41, 5.74) is 2.08. The first kappa shape index (κ1) is 14.2. The second-order valence-corrected chi connectivity index (χ2v) is 6.47. The zero-order chi connectivity index (χ0) is 14.1. The Hall–Kier alpha value is -0.730. The van der Waals surface area contributed by atoms with Crippen molar-refractivity contribution in [1.82, 2.24) is 9.55 Å². The molecule has 1 aromatic heterocycles. The molecule has 1 aliphatic rings. The highest BCUT2D eigenvalue weighted by molar-refractivity contribution is 6.35. The fourth-order valence-electron chi connectivity index (χ4n) is 3.00. The van der Waals surface area contributed by atoms with Crippen molar-refractivity contribution in [2.75, 3.05) is 5.88 Å². The number of aromatic nitrogens is 2. The van der Waals surface area contributed by atoms with Crippen LogP contribution in [0, 0.1) is 5.92 Å². The molecule has 0 radical (unpaired) electrons. The summed E-state index contributed by atoms with van der Waals surface area (Å²) < 4.78 is 2.36. The average Bonchev–Trinajstić information content (AvgIpc) is 3.18. The van der Waals surface area contributed by atoms with E-state index in [2.05, 4.69) is 11.5 Å². The van der Waals surface area contributed by atoms with Gasteiger partial charge >= 0.3 is 0 Å². The lowest BCUT2D eigenvalue weighted by Crippen LogP contribution is -2.13. The lowest BCUT2D eigenvalue weighted by atomic mass is 10.1. The molecule has 0 bridgehead atoms. The summed E-state index contributed by atoms with van der Waals surface area (Å²) >= 11 is 12.4. The molecule has 1 aliphatic carbocycles. The Morgan fingerprint density at radius 1 is 1.40 bits per heavy atom. The number of hydrogen-bond donors (Lipinski definition) is 0. The number of hydrogen-bond acceptors (Lipinski definition) is 1. The molecule has 4 heteroatoms. The van der Waals surface area contributed by atoms with E-state index >= 15 is 0 Å². The molecular formula is C16H20Cl2N2. The Morgan fingerprint density at radius 2 is 2.20 bits per heavy atom. The second-order valence-electron chi connectivity index (χ2n) is 5.69. The number of rotatable bonds is 6. The third-order valence-corrected chi connectivity index (χ3v) is 4.68. The fraction of sp³-hybridized carbons (Fsp3) is 0.562. The number of halogens is 2. The summed E-state index contributed by atoms with van der Waals surface area (Å²) in [5, 5.41) is 0.796. The summed E-state index contributed by atoms with van der Waals surface area (Å²) in [4.78, 5) is 4.75. The molecular weight excluding hydrogens is 291 g/mol. The smallest absolute Gasteiger partial charge is 0.111 e. The van der Waals surface area contributed by atoms with Crippen LogP contribution >= 0.6 is 23.2 Å². The molecule has 1 saturated carbocycles. The van der Waals surface area contributed by atoms with Gasteiger partial charge in [-0.15, -0.1) is 11.6 Å². The fourth-order valence-corrected chi connectivity index (χ4v) is 3.43. The zero-order valence-electron chi connectivity index (χ0n) is 11.8. The van der Waals surface area contributed by atoms with E-state index in [-0.39, 0.29) is 0 Å². The summed E-state index contributed by atoms with van der Waals surface area (Å²) in [6, 6.07) is 6.45. The number of benzene rings is 1. The predicted molar refractivity (Wildman–Crippen MR) is 85.8 cm³/mol.